The van der Waals surface area contributed by atoms with Crippen LogP contribution in [0.5, 0.6) is 5.75 Å². The topological polar surface area (TPSA) is 41.8 Å². The summed E-state index contributed by atoms with van der Waals surface area (Å²) in [6.45, 7) is 2.25. The lowest BCUT2D eigenvalue weighted by Gasteiger charge is -2.10. The average Bonchev–Trinajstić information content (AvgIpc) is 2.96. The fraction of sp³-hybridized carbons (Fsp3) is 0.118. The van der Waals surface area contributed by atoms with E-state index in [1.807, 2.05) is 36.4 Å². The van der Waals surface area contributed by atoms with Crippen LogP contribution in [0, 0.1) is 0 Å². The summed E-state index contributed by atoms with van der Waals surface area (Å²) in [5.74, 6) is 0.725. The van der Waals surface area contributed by atoms with Crippen molar-refractivity contribution in [2.75, 3.05) is 0 Å². The van der Waals surface area contributed by atoms with Crippen molar-refractivity contribution in [1.29, 1.82) is 0 Å². The SMILES string of the molecule is CC(=NO)c1ccccc1OCc1csc2ccccc12. The first kappa shape index (κ1) is 13.6. The van der Waals surface area contributed by atoms with E-state index in [0.29, 0.717) is 12.3 Å². The molecule has 0 amide bonds. The molecule has 0 aliphatic heterocycles. The molecule has 106 valence electrons. The molecule has 0 spiro atoms. The number of benzene rings is 2. The number of rotatable bonds is 4. The average molecular weight is 297 g/mol. The number of ether oxygens (including phenoxy) is 1. The summed E-state index contributed by atoms with van der Waals surface area (Å²) in [6.07, 6.45) is 0. The van der Waals surface area contributed by atoms with Crippen molar-refractivity contribution < 1.29 is 9.94 Å². The van der Waals surface area contributed by atoms with E-state index in [9.17, 15) is 0 Å². The van der Waals surface area contributed by atoms with E-state index >= 15 is 0 Å². The molecule has 0 unspecified atom stereocenters. The smallest absolute Gasteiger partial charge is 0.128 e. The first-order valence-electron chi connectivity index (χ1n) is 6.65. The molecular formula is C17H15NO2S. The van der Waals surface area contributed by atoms with E-state index in [-0.39, 0.29) is 0 Å². The summed E-state index contributed by atoms with van der Waals surface area (Å²) in [6, 6.07) is 15.9. The van der Waals surface area contributed by atoms with Crippen LogP contribution in [0.15, 0.2) is 59.1 Å². The molecule has 0 radical (unpaired) electrons. The normalized spacial score (nSPS) is 11.8. The van der Waals surface area contributed by atoms with Crippen LogP contribution in [0.4, 0.5) is 0 Å². The summed E-state index contributed by atoms with van der Waals surface area (Å²) >= 11 is 1.72. The molecule has 0 saturated heterocycles. The molecule has 1 N–H and O–H groups in total. The van der Waals surface area contributed by atoms with E-state index in [1.54, 1.807) is 18.3 Å². The van der Waals surface area contributed by atoms with Gasteiger partial charge in [-0.1, -0.05) is 35.5 Å². The van der Waals surface area contributed by atoms with Gasteiger partial charge >= 0.3 is 0 Å². The minimum atomic E-state index is 0.500. The number of para-hydroxylation sites is 1. The third kappa shape index (κ3) is 2.76. The quantitative estimate of drug-likeness (QED) is 0.431. The van der Waals surface area contributed by atoms with Crippen LogP contribution in [-0.4, -0.2) is 10.9 Å². The van der Waals surface area contributed by atoms with Crippen LogP contribution in [0.2, 0.25) is 0 Å². The van der Waals surface area contributed by atoms with E-state index < -0.39 is 0 Å². The van der Waals surface area contributed by atoms with Gasteiger partial charge in [0.1, 0.15) is 12.4 Å². The Labute approximate surface area is 127 Å². The molecule has 0 atom stereocenters. The van der Waals surface area contributed by atoms with Crippen molar-refractivity contribution in [3.8, 4) is 5.75 Å². The molecule has 3 aromatic rings. The lowest BCUT2D eigenvalue weighted by Crippen LogP contribution is -2.02. The number of thiophene rings is 1. The van der Waals surface area contributed by atoms with Gasteiger partial charge < -0.3 is 9.94 Å². The predicted molar refractivity (Wildman–Crippen MR) is 86.6 cm³/mol. The second-order valence-electron chi connectivity index (χ2n) is 4.73. The summed E-state index contributed by atoms with van der Waals surface area (Å²) in [5.41, 5.74) is 2.52. The molecule has 0 aliphatic carbocycles. The lowest BCUT2D eigenvalue weighted by molar-refractivity contribution is 0.305. The number of nitrogens with zero attached hydrogens (tertiary/aromatic N) is 1. The third-order valence-corrected chi connectivity index (χ3v) is 4.38. The maximum atomic E-state index is 8.94. The Balaban J connectivity index is 1.85. The fourth-order valence-electron chi connectivity index (χ4n) is 2.25. The van der Waals surface area contributed by atoms with Crippen molar-refractivity contribution in [3.63, 3.8) is 0 Å². The predicted octanol–water partition coefficient (Wildman–Crippen LogP) is 4.68. The third-order valence-electron chi connectivity index (χ3n) is 3.37. The lowest BCUT2D eigenvalue weighted by atomic mass is 10.1. The Morgan fingerprint density at radius 3 is 2.76 bits per heavy atom. The van der Waals surface area contributed by atoms with Crippen LogP contribution >= 0.6 is 11.3 Å². The van der Waals surface area contributed by atoms with Gasteiger partial charge in [-0.15, -0.1) is 11.3 Å². The number of hydrogen-bond donors (Lipinski definition) is 1. The molecule has 3 rings (SSSR count). The molecule has 0 fully saturated rings. The number of fused-ring (bicyclic) bond motifs is 1. The summed E-state index contributed by atoms with van der Waals surface area (Å²) in [4.78, 5) is 0. The highest BCUT2D eigenvalue weighted by atomic mass is 32.1. The summed E-state index contributed by atoms with van der Waals surface area (Å²) in [7, 11) is 0. The second kappa shape index (κ2) is 5.97. The Hall–Kier alpha value is -2.33. The zero-order valence-electron chi connectivity index (χ0n) is 11.6. The van der Waals surface area contributed by atoms with Gasteiger partial charge in [0.2, 0.25) is 0 Å². The number of oxime groups is 1. The van der Waals surface area contributed by atoms with E-state index in [4.69, 9.17) is 9.94 Å². The minimum Gasteiger partial charge on any atom is -0.488 e. The molecule has 0 bridgehead atoms. The highest BCUT2D eigenvalue weighted by Crippen LogP contribution is 2.27. The fourth-order valence-corrected chi connectivity index (χ4v) is 3.19. The summed E-state index contributed by atoms with van der Waals surface area (Å²) < 4.78 is 7.19. The van der Waals surface area contributed by atoms with Gasteiger partial charge in [0.05, 0.1) is 5.71 Å². The molecule has 1 aromatic heterocycles. The Kier molecular flexibility index (Phi) is 3.88. The first-order valence-corrected chi connectivity index (χ1v) is 7.53. The van der Waals surface area contributed by atoms with Crippen LogP contribution in [0.1, 0.15) is 18.1 Å². The maximum absolute atomic E-state index is 8.94. The zero-order chi connectivity index (χ0) is 14.7. The highest BCUT2D eigenvalue weighted by molar-refractivity contribution is 7.17. The van der Waals surface area contributed by atoms with Crippen LogP contribution in [-0.2, 0) is 6.61 Å². The monoisotopic (exact) mass is 297 g/mol. The largest absolute Gasteiger partial charge is 0.488 e. The van der Waals surface area contributed by atoms with Crippen LogP contribution < -0.4 is 4.74 Å². The van der Waals surface area contributed by atoms with Crippen molar-refractivity contribution in [2.45, 2.75) is 13.5 Å². The van der Waals surface area contributed by atoms with Crippen molar-refractivity contribution >= 4 is 27.1 Å². The van der Waals surface area contributed by atoms with E-state index in [2.05, 4.69) is 22.7 Å². The van der Waals surface area contributed by atoms with Gasteiger partial charge in [0.15, 0.2) is 0 Å². The molecule has 0 saturated carbocycles. The van der Waals surface area contributed by atoms with Crippen molar-refractivity contribution in [1.82, 2.24) is 0 Å². The molecule has 3 nitrogen and oxygen atoms in total. The molecule has 21 heavy (non-hydrogen) atoms. The van der Waals surface area contributed by atoms with Gasteiger partial charge in [-0.25, -0.2) is 0 Å². The van der Waals surface area contributed by atoms with Crippen LogP contribution in [0.3, 0.4) is 0 Å². The zero-order valence-corrected chi connectivity index (χ0v) is 12.4. The van der Waals surface area contributed by atoms with E-state index in [0.717, 1.165) is 11.3 Å². The van der Waals surface area contributed by atoms with Gasteiger partial charge in [-0.2, -0.15) is 0 Å². The second-order valence-corrected chi connectivity index (χ2v) is 5.64. The summed E-state index contributed by atoms with van der Waals surface area (Å²) in [5, 5.41) is 15.5. The van der Waals surface area contributed by atoms with Gasteiger partial charge in [0, 0.05) is 15.8 Å². The van der Waals surface area contributed by atoms with Crippen molar-refractivity contribution in [3.05, 3.63) is 65.0 Å². The Morgan fingerprint density at radius 2 is 1.90 bits per heavy atom. The molecule has 1 heterocycles. The first-order chi connectivity index (χ1) is 10.3. The maximum Gasteiger partial charge on any atom is 0.128 e. The Morgan fingerprint density at radius 1 is 1.14 bits per heavy atom. The van der Waals surface area contributed by atoms with Gasteiger partial charge in [0.25, 0.3) is 0 Å². The molecular weight excluding hydrogens is 282 g/mol. The van der Waals surface area contributed by atoms with Crippen LogP contribution in [0.25, 0.3) is 10.1 Å². The number of hydrogen-bond acceptors (Lipinski definition) is 4. The van der Waals surface area contributed by atoms with Gasteiger partial charge in [-0.05, 0) is 35.9 Å². The Bertz CT molecular complexity index is 792. The highest BCUT2D eigenvalue weighted by Gasteiger charge is 2.08. The molecule has 0 aliphatic rings. The van der Waals surface area contributed by atoms with Gasteiger partial charge in [-0.3, -0.25) is 0 Å². The standard InChI is InChI=1S/C17H15NO2S/c1-12(18-19)14-6-2-4-8-16(14)20-10-13-11-21-17-9-5-3-7-15(13)17/h2-9,11,19H,10H2,1H3. The minimum absolute atomic E-state index is 0.500. The van der Waals surface area contributed by atoms with Crippen molar-refractivity contribution in [2.24, 2.45) is 5.16 Å². The molecule has 4 heteroatoms. The van der Waals surface area contributed by atoms with E-state index in [1.165, 1.54) is 15.6 Å². The molecule has 2 aromatic carbocycles.